The van der Waals surface area contributed by atoms with Crippen molar-refractivity contribution in [2.24, 2.45) is 0 Å². The average molecular weight is 477 g/mol. The Kier molecular flexibility index (Phi) is 8.56. The maximum Gasteiger partial charge on any atom is 0.387 e. The van der Waals surface area contributed by atoms with Crippen LogP contribution in [0.5, 0.6) is 5.75 Å². The van der Waals surface area contributed by atoms with Gasteiger partial charge in [-0.2, -0.15) is 8.78 Å². The van der Waals surface area contributed by atoms with Crippen LogP contribution in [0.3, 0.4) is 0 Å². The van der Waals surface area contributed by atoms with Crippen molar-refractivity contribution >= 4 is 34.9 Å². The monoisotopic (exact) mass is 476 g/mol. The molecule has 3 rings (SSSR count). The molecule has 0 radical (unpaired) electrons. The van der Waals surface area contributed by atoms with Crippen LogP contribution in [-0.4, -0.2) is 47.8 Å². The summed E-state index contributed by atoms with van der Waals surface area (Å²) in [5.74, 6) is -0.840. The van der Waals surface area contributed by atoms with Gasteiger partial charge in [-0.05, 0) is 48.0 Å². The van der Waals surface area contributed by atoms with Crippen LogP contribution in [0, 0.1) is 0 Å². The highest BCUT2D eigenvalue weighted by Crippen LogP contribution is 2.32. The Morgan fingerprint density at radius 3 is 2.48 bits per heavy atom. The average Bonchev–Trinajstić information content (AvgIpc) is 3.06. The summed E-state index contributed by atoms with van der Waals surface area (Å²) in [7, 11) is 0. The van der Waals surface area contributed by atoms with Gasteiger partial charge < -0.3 is 14.8 Å². The minimum absolute atomic E-state index is 0.00651. The first-order valence-corrected chi connectivity index (χ1v) is 10.9. The van der Waals surface area contributed by atoms with Gasteiger partial charge in [0.2, 0.25) is 5.91 Å². The molecule has 1 unspecified atom stereocenters. The Hall–Kier alpha value is -3.24. The summed E-state index contributed by atoms with van der Waals surface area (Å²) in [5, 5.41) is 2.21. The van der Waals surface area contributed by atoms with Crippen molar-refractivity contribution in [3.05, 3.63) is 70.6 Å². The molecule has 1 N–H and O–H groups in total. The Morgan fingerprint density at radius 2 is 1.82 bits per heavy atom. The first kappa shape index (κ1) is 24.4. The van der Waals surface area contributed by atoms with Crippen molar-refractivity contribution in [3.8, 4) is 5.75 Å². The highest BCUT2D eigenvalue weighted by Gasteiger charge is 2.34. The topological polar surface area (TPSA) is 84.9 Å². The lowest BCUT2D eigenvalue weighted by atomic mass is 10.2. The summed E-state index contributed by atoms with van der Waals surface area (Å²) in [6.45, 7) is -0.910. The molecule has 0 aromatic heterocycles. The molecule has 174 valence electrons. The highest BCUT2D eigenvalue weighted by molar-refractivity contribution is 8.18. The molecular formula is C23H22F2N2O5S. The fraction of sp³-hybridized carbons (Fsp3) is 0.261. The second kappa shape index (κ2) is 11.6. The molecule has 1 heterocycles. The van der Waals surface area contributed by atoms with E-state index in [1.54, 1.807) is 6.92 Å². The molecule has 1 fully saturated rings. The van der Waals surface area contributed by atoms with Crippen molar-refractivity contribution in [1.82, 2.24) is 10.2 Å². The first-order valence-electron chi connectivity index (χ1n) is 10.1. The first-order chi connectivity index (χ1) is 15.8. The molecule has 1 saturated heterocycles. The predicted molar refractivity (Wildman–Crippen MR) is 119 cm³/mol. The number of thioether (sulfide) groups is 1. The maximum absolute atomic E-state index is 12.6. The largest absolute Gasteiger partial charge is 0.435 e. The third-order valence-electron chi connectivity index (χ3n) is 4.62. The Bertz CT molecular complexity index is 1020. The van der Waals surface area contributed by atoms with Gasteiger partial charge in [-0.25, -0.2) is 0 Å². The van der Waals surface area contributed by atoms with Gasteiger partial charge >= 0.3 is 6.61 Å². The third kappa shape index (κ3) is 7.13. The smallest absolute Gasteiger partial charge is 0.387 e. The van der Waals surface area contributed by atoms with Crippen molar-refractivity contribution < 1.29 is 32.6 Å². The zero-order chi connectivity index (χ0) is 23.8. The molecule has 2 aromatic carbocycles. The van der Waals surface area contributed by atoms with Gasteiger partial charge in [0.25, 0.3) is 11.1 Å². The van der Waals surface area contributed by atoms with Crippen molar-refractivity contribution in [3.63, 3.8) is 0 Å². The van der Waals surface area contributed by atoms with E-state index in [4.69, 9.17) is 4.74 Å². The van der Waals surface area contributed by atoms with Crippen molar-refractivity contribution in [1.29, 1.82) is 0 Å². The lowest BCUT2D eigenvalue weighted by molar-refractivity contribution is -0.132. The predicted octanol–water partition coefficient (Wildman–Crippen LogP) is 4.05. The standard InChI is InChI=1S/C23H22F2N2O5S/c1-15(31-14-17-5-3-2-4-6-17)20(28)26-11-12-27-21(29)19(33-23(27)30)13-16-7-9-18(10-8-16)32-22(24)25/h2-10,13,15,22H,11-12,14H2,1H3,(H,26,28)/b19-13+. The lowest BCUT2D eigenvalue weighted by Gasteiger charge is -2.16. The SMILES string of the molecule is CC(OCc1ccccc1)C(=O)NCCN1C(=O)S/C(=C/c2ccc(OC(F)F)cc2)C1=O. The maximum atomic E-state index is 12.6. The minimum Gasteiger partial charge on any atom is -0.435 e. The van der Waals surface area contributed by atoms with E-state index in [0.29, 0.717) is 12.2 Å². The summed E-state index contributed by atoms with van der Waals surface area (Å²) in [4.78, 5) is 38.2. The van der Waals surface area contributed by atoms with Crippen LogP contribution in [0.25, 0.3) is 6.08 Å². The van der Waals surface area contributed by atoms with E-state index in [0.717, 1.165) is 22.2 Å². The second-order valence-electron chi connectivity index (χ2n) is 7.01. The summed E-state index contributed by atoms with van der Waals surface area (Å²) in [6.07, 6.45) is 0.798. The molecule has 3 amide bonds. The number of rotatable bonds is 10. The molecule has 33 heavy (non-hydrogen) atoms. The molecule has 7 nitrogen and oxygen atoms in total. The van der Waals surface area contributed by atoms with Crippen LogP contribution < -0.4 is 10.1 Å². The molecule has 1 aliphatic heterocycles. The van der Waals surface area contributed by atoms with Crippen LogP contribution in [0.4, 0.5) is 13.6 Å². The molecule has 1 aliphatic rings. The number of halogens is 2. The van der Waals surface area contributed by atoms with Gasteiger partial charge in [-0.15, -0.1) is 0 Å². The molecule has 1 atom stereocenters. The summed E-state index contributed by atoms with van der Waals surface area (Å²) < 4.78 is 34.3. The van der Waals surface area contributed by atoms with Crippen LogP contribution in [0.15, 0.2) is 59.5 Å². The summed E-state index contributed by atoms with van der Waals surface area (Å²) >= 11 is 0.772. The molecule has 0 aliphatic carbocycles. The van der Waals surface area contributed by atoms with Crippen LogP contribution in [-0.2, 0) is 20.9 Å². The molecule has 10 heteroatoms. The van der Waals surface area contributed by atoms with Crippen LogP contribution >= 0.6 is 11.8 Å². The molecule has 0 spiro atoms. The van der Waals surface area contributed by atoms with E-state index in [1.165, 1.54) is 30.3 Å². The van der Waals surface area contributed by atoms with E-state index in [-0.39, 0.29) is 29.7 Å². The van der Waals surface area contributed by atoms with E-state index >= 15 is 0 Å². The number of amides is 3. The van der Waals surface area contributed by atoms with Crippen LogP contribution in [0.2, 0.25) is 0 Å². The minimum atomic E-state index is -2.92. The molecule has 0 saturated carbocycles. The third-order valence-corrected chi connectivity index (χ3v) is 5.53. The van der Waals surface area contributed by atoms with Gasteiger partial charge in [0, 0.05) is 13.1 Å². The Labute approximate surface area is 193 Å². The van der Waals surface area contributed by atoms with Gasteiger partial charge in [-0.3, -0.25) is 19.3 Å². The zero-order valence-electron chi connectivity index (χ0n) is 17.7. The number of hydrogen-bond acceptors (Lipinski definition) is 6. The fourth-order valence-corrected chi connectivity index (χ4v) is 3.76. The number of ether oxygens (including phenoxy) is 2. The number of carbonyl (C=O) groups is 3. The van der Waals surface area contributed by atoms with Gasteiger partial charge in [0.15, 0.2) is 0 Å². The fourth-order valence-electron chi connectivity index (χ4n) is 2.90. The number of nitrogens with one attached hydrogen (secondary N) is 1. The Balaban J connectivity index is 1.47. The van der Waals surface area contributed by atoms with Gasteiger partial charge in [0.1, 0.15) is 11.9 Å². The molecule has 2 aromatic rings. The number of carbonyl (C=O) groups excluding carboxylic acids is 3. The summed E-state index contributed by atoms with van der Waals surface area (Å²) in [6, 6.07) is 15.1. The number of benzene rings is 2. The number of hydrogen-bond donors (Lipinski definition) is 1. The highest BCUT2D eigenvalue weighted by atomic mass is 32.2. The Morgan fingerprint density at radius 1 is 1.12 bits per heavy atom. The van der Waals surface area contributed by atoms with E-state index in [2.05, 4.69) is 10.1 Å². The van der Waals surface area contributed by atoms with Gasteiger partial charge in [-0.1, -0.05) is 42.5 Å². The van der Waals surface area contributed by atoms with Crippen LogP contribution in [0.1, 0.15) is 18.1 Å². The number of alkyl halides is 2. The normalized spacial score (nSPS) is 15.9. The zero-order valence-corrected chi connectivity index (χ0v) is 18.5. The van der Waals surface area contributed by atoms with Crippen molar-refractivity contribution in [2.75, 3.05) is 13.1 Å². The van der Waals surface area contributed by atoms with Gasteiger partial charge in [0.05, 0.1) is 11.5 Å². The van der Waals surface area contributed by atoms with E-state index < -0.39 is 23.9 Å². The quantitative estimate of drug-likeness (QED) is 0.521. The molecular weight excluding hydrogens is 454 g/mol. The summed E-state index contributed by atoms with van der Waals surface area (Å²) in [5.41, 5.74) is 1.50. The van der Waals surface area contributed by atoms with Crippen molar-refractivity contribution in [2.45, 2.75) is 26.2 Å². The second-order valence-corrected chi connectivity index (χ2v) is 8.00. The van der Waals surface area contributed by atoms with E-state index in [1.807, 2.05) is 30.3 Å². The molecule has 0 bridgehead atoms. The number of imide groups is 1. The van der Waals surface area contributed by atoms with E-state index in [9.17, 15) is 23.2 Å². The number of nitrogens with zero attached hydrogens (tertiary/aromatic N) is 1. The lowest BCUT2D eigenvalue weighted by Crippen LogP contribution is -2.41.